The lowest BCUT2D eigenvalue weighted by Crippen LogP contribution is -2.02. The maximum Gasteiger partial charge on any atom is 0.200 e. The van der Waals surface area contributed by atoms with Crippen molar-refractivity contribution in [1.82, 2.24) is 9.55 Å². The molecule has 1 heterocycles. The predicted octanol–water partition coefficient (Wildman–Crippen LogP) is 3.22. The number of nitrogens with zero attached hydrogens (tertiary/aromatic N) is 2. The van der Waals surface area contributed by atoms with Crippen LogP contribution in [0.25, 0.3) is 0 Å². The van der Waals surface area contributed by atoms with Crippen molar-refractivity contribution < 1.29 is 0 Å². The Bertz CT molecular complexity index is 255. The maximum atomic E-state index is 5.67. The van der Waals surface area contributed by atoms with Gasteiger partial charge >= 0.3 is 0 Å². The molecule has 0 saturated carbocycles. The van der Waals surface area contributed by atoms with Crippen molar-refractivity contribution in [3.8, 4) is 0 Å². The Morgan fingerprint density at radius 3 is 2.40 bits per heavy atom. The normalized spacial score (nSPS) is 10.7. The first-order valence-corrected chi connectivity index (χ1v) is 6.11. The number of imidazole rings is 1. The second-order valence-corrected chi connectivity index (χ2v) is 4.10. The van der Waals surface area contributed by atoms with Crippen molar-refractivity contribution in [2.75, 3.05) is 5.73 Å². The first-order chi connectivity index (χ1) is 7.34. The molecule has 0 spiro atoms. The van der Waals surface area contributed by atoms with Crippen molar-refractivity contribution in [2.24, 2.45) is 0 Å². The highest BCUT2D eigenvalue weighted by Gasteiger charge is 1.96. The van der Waals surface area contributed by atoms with E-state index in [0.717, 1.165) is 6.54 Å². The summed E-state index contributed by atoms with van der Waals surface area (Å²) in [6, 6.07) is 0. The lowest BCUT2D eigenvalue weighted by atomic mass is 10.1. The lowest BCUT2D eigenvalue weighted by Gasteiger charge is -2.04. The number of nitrogen functional groups attached to an aromatic ring is 1. The molecule has 1 aromatic rings. The van der Waals surface area contributed by atoms with Gasteiger partial charge in [-0.1, -0.05) is 45.4 Å². The Labute approximate surface area is 92.7 Å². The zero-order valence-corrected chi connectivity index (χ0v) is 9.78. The Morgan fingerprint density at radius 2 is 1.80 bits per heavy atom. The van der Waals surface area contributed by atoms with Gasteiger partial charge in [-0.15, -0.1) is 0 Å². The summed E-state index contributed by atoms with van der Waals surface area (Å²) in [6.07, 6.45) is 13.1. The van der Waals surface area contributed by atoms with Crippen LogP contribution in [0.15, 0.2) is 12.4 Å². The molecule has 15 heavy (non-hydrogen) atoms. The van der Waals surface area contributed by atoms with Crippen molar-refractivity contribution in [3.63, 3.8) is 0 Å². The van der Waals surface area contributed by atoms with Crippen molar-refractivity contribution in [1.29, 1.82) is 0 Å². The Morgan fingerprint density at radius 1 is 1.13 bits per heavy atom. The van der Waals surface area contributed by atoms with Gasteiger partial charge in [0.2, 0.25) is 0 Å². The van der Waals surface area contributed by atoms with Crippen LogP contribution in [0.3, 0.4) is 0 Å². The number of hydrogen-bond acceptors (Lipinski definition) is 2. The molecule has 0 aliphatic carbocycles. The molecule has 3 heteroatoms. The molecule has 2 N–H and O–H groups in total. The number of rotatable bonds is 8. The van der Waals surface area contributed by atoms with Crippen LogP contribution in [0.5, 0.6) is 0 Å². The smallest absolute Gasteiger partial charge is 0.200 e. The molecule has 0 aliphatic rings. The Balaban J connectivity index is 1.96. The fourth-order valence-electron chi connectivity index (χ4n) is 1.77. The second kappa shape index (κ2) is 7.32. The van der Waals surface area contributed by atoms with E-state index in [2.05, 4.69) is 11.9 Å². The Hall–Kier alpha value is -0.990. The van der Waals surface area contributed by atoms with Gasteiger partial charge in [0.1, 0.15) is 0 Å². The average Bonchev–Trinajstić information content (AvgIpc) is 2.63. The molecule has 0 saturated heterocycles. The van der Waals surface area contributed by atoms with E-state index in [9.17, 15) is 0 Å². The maximum absolute atomic E-state index is 5.67. The fourth-order valence-corrected chi connectivity index (χ4v) is 1.77. The summed E-state index contributed by atoms with van der Waals surface area (Å²) in [5, 5.41) is 0. The van der Waals surface area contributed by atoms with Gasteiger partial charge in [-0.2, -0.15) is 0 Å². The number of aromatic nitrogens is 2. The molecule has 0 aromatic carbocycles. The number of anilines is 1. The highest BCUT2D eigenvalue weighted by atomic mass is 15.1. The van der Waals surface area contributed by atoms with Gasteiger partial charge in [0.15, 0.2) is 5.95 Å². The number of unbranched alkanes of at least 4 members (excludes halogenated alkanes) is 6. The van der Waals surface area contributed by atoms with Crippen LogP contribution in [0, 0.1) is 0 Å². The van der Waals surface area contributed by atoms with Gasteiger partial charge in [0.05, 0.1) is 0 Å². The van der Waals surface area contributed by atoms with Gasteiger partial charge in [0, 0.05) is 18.9 Å². The molecular weight excluding hydrogens is 186 g/mol. The summed E-state index contributed by atoms with van der Waals surface area (Å²) in [4.78, 5) is 4.00. The quantitative estimate of drug-likeness (QED) is 0.668. The van der Waals surface area contributed by atoms with Crippen LogP contribution < -0.4 is 5.73 Å². The summed E-state index contributed by atoms with van der Waals surface area (Å²) in [6.45, 7) is 3.27. The molecule has 0 amide bonds. The molecule has 0 bridgehead atoms. The molecule has 1 rings (SSSR count). The third kappa shape index (κ3) is 4.86. The predicted molar refractivity (Wildman–Crippen MR) is 64.6 cm³/mol. The number of nitrogens with two attached hydrogens (primary N) is 1. The van der Waals surface area contributed by atoms with E-state index in [1.165, 1.54) is 44.9 Å². The first-order valence-electron chi connectivity index (χ1n) is 6.11. The fraction of sp³-hybridized carbons (Fsp3) is 0.750. The third-order valence-corrected chi connectivity index (χ3v) is 2.75. The third-order valence-electron chi connectivity index (χ3n) is 2.75. The standard InChI is InChI=1S/C12H23N3/c1-2-3-4-5-6-7-8-10-15-11-9-14-12(15)13/h9,11H,2-8,10H2,1H3,(H2,13,14). The monoisotopic (exact) mass is 209 g/mol. The van der Waals surface area contributed by atoms with E-state index in [-0.39, 0.29) is 0 Å². The molecule has 0 aliphatic heterocycles. The summed E-state index contributed by atoms with van der Waals surface area (Å²) in [7, 11) is 0. The van der Waals surface area contributed by atoms with Crippen LogP contribution in [0.1, 0.15) is 51.9 Å². The number of hydrogen-bond donors (Lipinski definition) is 1. The van der Waals surface area contributed by atoms with E-state index < -0.39 is 0 Å². The summed E-state index contributed by atoms with van der Waals surface area (Å²) < 4.78 is 2.02. The minimum atomic E-state index is 0.640. The molecule has 1 aromatic heterocycles. The Kier molecular flexibility index (Phi) is 5.90. The van der Waals surface area contributed by atoms with Gasteiger partial charge in [-0.25, -0.2) is 4.98 Å². The highest BCUT2D eigenvalue weighted by molar-refractivity contribution is 5.16. The van der Waals surface area contributed by atoms with Crippen LogP contribution in [0.4, 0.5) is 5.95 Å². The van der Waals surface area contributed by atoms with E-state index >= 15 is 0 Å². The van der Waals surface area contributed by atoms with E-state index in [1.807, 2.05) is 10.8 Å². The van der Waals surface area contributed by atoms with Gasteiger partial charge < -0.3 is 10.3 Å². The van der Waals surface area contributed by atoms with E-state index in [0.29, 0.717) is 5.95 Å². The average molecular weight is 209 g/mol. The summed E-state index contributed by atoms with van der Waals surface area (Å²) in [5.74, 6) is 0.640. The van der Waals surface area contributed by atoms with Crippen LogP contribution >= 0.6 is 0 Å². The molecule has 0 atom stereocenters. The molecular formula is C12H23N3. The zero-order valence-electron chi connectivity index (χ0n) is 9.78. The van der Waals surface area contributed by atoms with Crippen LogP contribution in [0.2, 0.25) is 0 Å². The molecule has 86 valence electrons. The highest BCUT2D eigenvalue weighted by Crippen LogP contribution is 2.08. The van der Waals surface area contributed by atoms with Gasteiger partial charge in [-0.3, -0.25) is 0 Å². The molecule has 0 unspecified atom stereocenters. The van der Waals surface area contributed by atoms with Crippen molar-refractivity contribution >= 4 is 5.95 Å². The number of aryl methyl sites for hydroxylation is 1. The van der Waals surface area contributed by atoms with Crippen molar-refractivity contribution in [3.05, 3.63) is 12.4 Å². The molecule has 0 fully saturated rings. The van der Waals surface area contributed by atoms with E-state index in [4.69, 9.17) is 5.73 Å². The van der Waals surface area contributed by atoms with Crippen molar-refractivity contribution in [2.45, 2.75) is 58.4 Å². The summed E-state index contributed by atoms with van der Waals surface area (Å²) in [5.41, 5.74) is 5.67. The molecule has 0 radical (unpaired) electrons. The van der Waals surface area contributed by atoms with Crippen LogP contribution in [-0.4, -0.2) is 9.55 Å². The van der Waals surface area contributed by atoms with Gasteiger partial charge in [0.25, 0.3) is 0 Å². The minimum absolute atomic E-state index is 0.640. The van der Waals surface area contributed by atoms with Gasteiger partial charge in [-0.05, 0) is 6.42 Å². The second-order valence-electron chi connectivity index (χ2n) is 4.10. The molecule has 3 nitrogen and oxygen atoms in total. The SMILES string of the molecule is CCCCCCCCCn1ccnc1N. The van der Waals surface area contributed by atoms with E-state index in [1.54, 1.807) is 6.20 Å². The summed E-state index contributed by atoms with van der Waals surface area (Å²) >= 11 is 0. The van der Waals surface area contributed by atoms with Crippen LogP contribution in [-0.2, 0) is 6.54 Å². The largest absolute Gasteiger partial charge is 0.369 e. The first kappa shape index (κ1) is 12.1. The lowest BCUT2D eigenvalue weighted by molar-refractivity contribution is 0.552. The topological polar surface area (TPSA) is 43.8 Å². The minimum Gasteiger partial charge on any atom is -0.369 e. The zero-order chi connectivity index (χ0) is 10.9.